The zero-order valence-corrected chi connectivity index (χ0v) is 9.89. The van der Waals surface area contributed by atoms with Crippen molar-refractivity contribution in [3.63, 3.8) is 0 Å². The first kappa shape index (κ1) is 10.9. The van der Waals surface area contributed by atoms with Gasteiger partial charge in [-0.05, 0) is 25.5 Å². The molecule has 0 aliphatic rings. The number of aromatic nitrogens is 2. The monoisotopic (exact) mass is 236 g/mol. The van der Waals surface area contributed by atoms with Gasteiger partial charge in [0.05, 0.1) is 10.4 Å². The highest BCUT2D eigenvalue weighted by molar-refractivity contribution is 7.15. The lowest BCUT2D eigenvalue weighted by molar-refractivity contribution is 0.447. The van der Waals surface area contributed by atoms with Crippen LogP contribution in [0.3, 0.4) is 0 Å². The van der Waals surface area contributed by atoms with Gasteiger partial charge in [0.2, 0.25) is 5.88 Å². The molecule has 2 aromatic heterocycles. The maximum atomic E-state index is 11.5. The Balaban J connectivity index is 2.52. The standard InChI is InChI=1S/C11H12N2O2S/c1-3-7-4-5-8(16-7)9-12-10(14)6(2)11(15)13-9/h4-5H,3H2,1-2H3,(H2,12,13,14,15). The fourth-order valence-electron chi connectivity index (χ4n) is 1.33. The maximum absolute atomic E-state index is 11.5. The lowest BCUT2D eigenvalue weighted by Gasteiger charge is -2.00. The van der Waals surface area contributed by atoms with E-state index in [0.717, 1.165) is 11.3 Å². The van der Waals surface area contributed by atoms with Crippen molar-refractivity contribution in [2.45, 2.75) is 20.3 Å². The number of H-pyrrole nitrogens is 1. The molecule has 0 saturated heterocycles. The van der Waals surface area contributed by atoms with Gasteiger partial charge in [-0.25, -0.2) is 0 Å². The van der Waals surface area contributed by atoms with Gasteiger partial charge in [0, 0.05) is 4.88 Å². The highest BCUT2D eigenvalue weighted by Crippen LogP contribution is 2.26. The van der Waals surface area contributed by atoms with Crippen molar-refractivity contribution in [2.75, 3.05) is 0 Å². The van der Waals surface area contributed by atoms with E-state index in [-0.39, 0.29) is 17.0 Å². The van der Waals surface area contributed by atoms with Crippen LogP contribution >= 0.6 is 11.3 Å². The van der Waals surface area contributed by atoms with Crippen LogP contribution in [-0.4, -0.2) is 15.1 Å². The fourth-order valence-corrected chi connectivity index (χ4v) is 2.22. The van der Waals surface area contributed by atoms with Crippen molar-refractivity contribution in [3.05, 3.63) is 32.9 Å². The van der Waals surface area contributed by atoms with Gasteiger partial charge in [0.1, 0.15) is 0 Å². The predicted octanol–water partition coefficient (Wildman–Crippen LogP) is 2.07. The van der Waals surface area contributed by atoms with E-state index in [1.54, 1.807) is 11.3 Å². The van der Waals surface area contributed by atoms with Crippen molar-refractivity contribution >= 4 is 11.3 Å². The van der Waals surface area contributed by atoms with Crippen LogP contribution in [0.25, 0.3) is 10.7 Å². The number of rotatable bonds is 2. The molecule has 0 aliphatic heterocycles. The van der Waals surface area contributed by atoms with Crippen LogP contribution in [-0.2, 0) is 6.42 Å². The van der Waals surface area contributed by atoms with Gasteiger partial charge in [-0.3, -0.25) is 4.79 Å². The zero-order chi connectivity index (χ0) is 11.7. The Bertz CT molecular complexity index is 572. The summed E-state index contributed by atoms with van der Waals surface area (Å²) >= 11 is 1.57. The molecular formula is C11H12N2O2S. The Morgan fingerprint density at radius 3 is 2.81 bits per heavy atom. The molecule has 2 rings (SSSR count). The minimum atomic E-state index is -0.297. The van der Waals surface area contributed by atoms with E-state index in [2.05, 4.69) is 16.9 Å². The highest BCUT2D eigenvalue weighted by atomic mass is 32.1. The highest BCUT2D eigenvalue weighted by Gasteiger charge is 2.09. The molecule has 84 valence electrons. The van der Waals surface area contributed by atoms with E-state index in [0.29, 0.717) is 5.82 Å². The zero-order valence-electron chi connectivity index (χ0n) is 9.07. The number of aromatic hydroxyl groups is 1. The minimum Gasteiger partial charge on any atom is -0.493 e. The smallest absolute Gasteiger partial charge is 0.257 e. The van der Waals surface area contributed by atoms with Crippen molar-refractivity contribution in [2.24, 2.45) is 0 Å². The van der Waals surface area contributed by atoms with E-state index < -0.39 is 0 Å². The van der Waals surface area contributed by atoms with Crippen LogP contribution < -0.4 is 5.56 Å². The van der Waals surface area contributed by atoms with Crippen molar-refractivity contribution in [1.29, 1.82) is 0 Å². The molecule has 0 radical (unpaired) electrons. The molecule has 2 N–H and O–H groups in total. The Labute approximate surface area is 96.6 Å². The maximum Gasteiger partial charge on any atom is 0.257 e. The van der Waals surface area contributed by atoms with Gasteiger partial charge in [0.15, 0.2) is 5.82 Å². The van der Waals surface area contributed by atoms with E-state index in [1.165, 1.54) is 11.8 Å². The lowest BCUT2D eigenvalue weighted by atomic mass is 10.3. The number of hydrogen-bond donors (Lipinski definition) is 2. The molecule has 0 spiro atoms. The van der Waals surface area contributed by atoms with Crippen LogP contribution in [0.4, 0.5) is 0 Å². The molecular weight excluding hydrogens is 224 g/mol. The first-order valence-corrected chi connectivity index (χ1v) is 5.82. The number of nitrogens with zero attached hydrogens (tertiary/aromatic N) is 1. The average Bonchev–Trinajstić information content (AvgIpc) is 2.73. The summed E-state index contributed by atoms with van der Waals surface area (Å²) in [5, 5.41) is 9.48. The van der Waals surface area contributed by atoms with E-state index in [9.17, 15) is 9.90 Å². The molecule has 2 heterocycles. The summed E-state index contributed by atoms with van der Waals surface area (Å²) in [6, 6.07) is 3.90. The molecule has 0 aliphatic carbocycles. The van der Waals surface area contributed by atoms with Gasteiger partial charge in [-0.15, -0.1) is 11.3 Å². The Morgan fingerprint density at radius 1 is 1.50 bits per heavy atom. The third-order valence-corrected chi connectivity index (χ3v) is 3.61. The first-order valence-electron chi connectivity index (χ1n) is 5.00. The SMILES string of the molecule is CCc1ccc(-c2nc(O)c(C)c(=O)[nH]2)s1. The topological polar surface area (TPSA) is 66.0 Å². The summed E-state index contributed by atoms with van der Waals surface area (Å²) in [4.78, 5) is 20.2. The molecule has 0 unspecified atom stereocenters. The lowest BCUT2D eigenvalue weighted by Crippen LogP contribution is -2.11. The summed E-state index contributed by atoms with van der Waals surface area (Å²) in [5.74, 6) is 0.225. The number of thiophene rings is 1. The molecule has 4 nitrogen and oxygen atoms in total. The van der Waals surface area contributed by atoms with Crippen molar-refractivity contribution in [3.8, 4) is 16.6 Å². The van der Waals surface area contributed by atoms with Crippen LogP contribution in [0.2, 0.25) is 0 Å². The summed E-state index contributed by atoms with van der Waals surface area (Å²) in [6.07, 6.45) is 0.951. The van der Waals surface area contributed by atoms with Gasteiger partial charge < -0.3 is 10.1 Å². The van der Waals surface area contributed by atoms with Gasteiger partial charge in [-0.1, -0.05) is 6.92 Å². The summed E-state index contributed by atoms with van der Waals surface area (Å²) < 4.78 is 0. The molecule has 0 fully saturated rings. The Kier molecular flexibility index (Phi) is 2.78. The van der Waals surface area contributed by atoms with Gasteiger partial charge >= 0.3 is 0 Å². The van der Waals surface area contributed by atoms with E-state index in [1.807, 2.05) is 12.1 Å². The number of aryl methyl sites for hydroxylation is 1. The normalized spacial score (nSPS) is 10.6. The molecule has 5 heteroatoms. The molecule has 0 atom stereocenters. The molecule has 2 aromatic rings. The number of hydrogen-bond acceptors (Lipinski definition) is 4. The second kappa shape index (κ2) is 4.09. The van der Waals surface area contributed by atoms with Crippen molar-refractivity contribution < 1.29 is 5.11 Å². The minimum absolute atomic E-state index is 0.204. The van der Waals surface area contributed by atoms with E-state index >= 15 is 0 Å². The summed E-state index contributed by atoms with van der Waals surface area (Å²) in [5.41, 5.74) is -0.0510. The van der Waals surface area contributed by atoms with Crippen LogP contribution in [0.1, 0.15) is 17.4 Å². The summed E-state index contributed by atoms with van der Waals surface area (Å²) in [7, 11) is 0. The summed E-state index contributed by atoms with van der Waals surface area (Å²) in [6.45, 7) is 3.61. The molecule has 16 heavy (non-hydrogen) atoms. The molecule has 0 bridgehead atoms. The predicted molar refractivity (Wildman–Crippen MR) is 64.0 cm³/mol. The largest absolute Gasteiger partial charge is 0.493 e. The third-order valence-electron chi connectivity index (χ3n) is 2.37. The number of nitrogens with one attached hydrogen (secondary N) is 1. The van der Waals surface area contributed by atoms with Crippen LogP contribution in [0.5, 0.6) is 5.88 Å². The second-order valence-electron chi connectivity index (χ2n) is 3.48. The van der Waals surface area contributed by atoms with Gasteiger partial charge in [-0.2, -0.15) is 4.98 Å². The quantitative estimate of drug-likeness (QED) is 0.839. The Morgan fingerprint density at radius 2 is 2.25 bits per heavy atom. The molecule has 0 saturated carbocycles. The van der Waals surface area contributed by atoms with E-state index in [4.69, 9.17) is 0 Å². The second-order valence-corrected chi connectivity index (χ2v) is 4.65. The Hall–Kier alpha value is -1.62. The number of aromatic amines is 1. The third kappa shape index (κ3) is 1.86. The van der Waals surface area contributed by atoms with Gasteiger partial charge in [0.25, 0.3) is 5.56 Å². The molecule has 0 amide bonds. The fraction of sp³-hybridized carbons (Fsp3) is 0.273. The van der Waals surface area contributed by atoms with Crippen LogP contribution in [0, 0.1) is 6.92 Å². The molecule has 0 aromatic carbocycles. The average molecular weight is 236 g/mol. The first-order chi connectivity index (χ1) is 7.61. The van der Waals surface area contributed by atoms with Crippen molar-refractivity contribution in [1.82, 2.24) is 9.97 Å². The van der Waals surface area contributed by atoms with Crippen LogP contribution in [0.15, 0.2) is 16.9 Å².